The molecule has 1 aromatic carbocycles. The molecule has 0 aromatic heterocycles. The highest BCUT2D eigenvalue weighted by Crippen LogP contribution is 2.14. The number of nitrogens with one attached hydrogen (secondary N) is 1. The highest BCUT2D eigenvalue weighted by atomic mass is 79.9. The Kier molecular flexibility index (Phi) is 4.49. The van der Waals surface area contributed by atoms with E-state index >= 15 is 0 Å². The van der Waals surface area contributed by atoms with Gasteiger partial charge in [0.15, 0.2) is 0 Å². The summed E-state index contributed by atoms with van der Waals surface area (Å²) in [6.45, 7) is 1.50. The summed E-state index contributed by atoms with van der Waals surface area (Å²) in [7, 11) is 0. The van der Waals surface area contributed by atoms with Gasteiger partial charge >= 0.3 is 0 Å². The molecule has 1 heterocycles. The van der Waals surface area contributed by atoms with E-state index < -0.39 is 0 Å². The van der Waals surface area contributed by atoms with Crippen LogP contribution in [0.2, 0.25) is 0 Å². The lowest BCUT2D eigenvalue weighted by Crippen LogP contribution is -2.40. The quantitative estimate of drug-likeness (QED) is 0.929. The minimum Gasteiger partial charge on any atom is -0.325 e. The molecule has 4 nitrogen and oxygen atoms in total. The van der Waals surface area contributed by atoms with Gasteiger partial charge in [0.05, 0.1) is 13.1 Å². The molecule has 1 fully saturated rings. The number of anilines is 1. The standard InChI is InChI=1S/C13H15BrN2O2/c14-10-3-5-11(6-4-10)15-13(18)9-16-7-1-2-12(17)8-16/h3-6H,1-2,7-9H2,(H,15,18). The Balaban J connectivity index is 1.84. The van der Waals surface area contributed by atoms with Gasteiger partial charge in [-0.1, -0.05) is 15.9 Å². The Morgan fingerprint density at radius 2 is 2.06 bits per heavy atom. The number of rotatable bonds is 3. The van der Waals surface area contributed by atoms with Crippen molar-refractivity contribution in [3.8, 4) is 0 Å². The van der Waals surface area contributed by atoms with Crippen molar-refractivity contribution in [2.24, 2.45) is 0 Å². The summed E-state index contributed by atoms with van der Waals surface area (Å²) in [6.07, 6.45) is 1.50. The maximum absolute atomic E-state index is 11.8. The Morgan fingerprint density at radius 1 is 1.33 bits per heavy atom. The zero-order chi connectivity index (χ0) is 13.0. The number of nitrogens with zero attached hydrogens (tertiary/aromatic N) is 1. The first-order valence-electron chi connectivity index (χ1n) is 5.93. The van der Waals surface area contributed by atoms with Gasteiger partial charge in [-0.25, -0.2) is 0 Å². The zero-order valence-corrected chi connectivity index (χ0v) is 11.6. The molecule has 0 unspecified atom stereocenters. The van der Waals surface area contributed by atoms with Crippen LogP contribution in [0.3, 0.4) is 0 Å². The number of likely N-dealkylation sites (tertiary alicyclic amines) is 1. The zero-order valence-electron chi connectivity index (χ0n) is 9.99. The first-order chi connectivity index (χ1) is 8.63. The van der Waals surface area contributed by atoms with Gasteiger partial charge in [0.1, 0.15) is 5.78 Å². The maximum Gasteiger partial charge on any atom is 0.238 e. The number of carbonyl (C=O) groups excluding carboxylic acids is 2. The van der Waals surface area contributed by atoms with Crippen LogP contribution in [-0.2, 0) is 9.59 Å². The van der Waals surface area contributed by atoms with Crippen molar-refractivity contribution in [1.29, 1.82) is 0 Å². The Morgan fingerprint density at radius 3 is 2.72 bits per heavy atom. The van der Waals surface area contributed by atoms with E-state index in [-0.39, 0.29) is 18.2 Å². The number of hydrogen-bond donors (Lipinski definition) is 1. The smallest absolute Gasteiger partial charge is 0.238 e. The molecule has 0 radical (unpaired) electrons. The van der Waals surface area contributed by atoms with Crippen LogP contribution >= 0.6 is 15.9 Å². The molecule has 1 aliphatic heterocycles. The van der Waals surface area contributed by atoms with Crippen molar-refractivity contribution in [3.05, 3.63) is 28.7 Å². The molecule has 2 rings (SSSR count). The van der Waals surface area contributed by atoms with E-state index in [0.29, 0.717) is 13.0 Å². The number of hydrogen-bond acceptors (Lipinski definition) is 3. The van der Waals surface area contributed by atoms with Crippen molar-refractivity contribution in [2.45, 2.75) is 12.8 Å². The van der Waals surface area contributed by atoms with Gasteiger partial charge in [0, 0.05) is 16.6 Å². The molecule has 1 saturated heterocycles. The van der Waals surface area contributed by atoms with Crippen molar-refractivity contribution < 1.29 is 9.59 Å². The third kappa shape index (κ3) is 3.92. The molecule has 0 aliphatic carbocycles. The van der Waals surface area contributed by atoms with Gasteiger partial charge in [-0.15, -0.1) is 0 Å². The van der Waals surface area contributed by atoms with Crippen molar-refractivity contribution in [1.82, 2.24) is 4.90 Å². The van der Waals surface area contributed by atoms with Crippen LogP contribution in [0.15, 0.2) is 28.7 Å². The molecule has 0 spiro atoms. The van der Waals surface area contributed by atoms with Gasteiger partial charge in [-0.3, -0.25) is 14.5 Å². The maximum atomic E-state index is 11.8. The van der Waals surface area contributed by atoms with Crippen molar-refractivity contribution in [2.75, 3.05) is 25.0 Å². The fourth-order valence-corrected chi connectivity index (χ4v) is 2.24. The SMILES string of the molecule is O=C1CCCN(CC(=O)Nc2ccc(Br)cc2)C1. The number of Topliss-reactive ketones (excluding diaryl/α,β-unsaturated/α-hetero) is 1. The van der Waals surface area contributed by atoms with Crippen LogP contribution in [0.5, 0.6) is 0 Å². The number of benzene rings is 1. The summed E-state index contributed by atoms with van der Waals surface area (Å²) in [4.78, 5) is 25.0. The lowest BCUT2D eigenvalue weighted by atomic mass is 10.1. The normalized spacial score (nSPS) is 16.6. The first-order valence-corrected chi connectivity index (χ1v) is 6.72. The highest BCUT2D eigenvalue weighted by Gasteiger charge is 2.18. The molecule has 18 heavy (non-hydrogen) atoms. The topological polar surface area (TPSA) is 49.4 Å². The average molecular weight is 311 g/mol. The minimum absolute atomic E-state index is 0.0768. The molecule has 1 aliphatic rings. The van der Waals surface area contributed by atoms with Gasteiger partial charge in [0.2, 0.25) is 5.91 Å². The van der Waals surface area contributed by atoms with E-state index in [2.05, 4.69) is 21.2 Å². The summed E-state index contributed by atoms with van der Waals surface area (Å²) in [6, 6.07) is 7.42. The number of carbonyl (C=O) groups is 2. The number of ketones is 1. The Labute approximate surface area is 114 Å². The number of halogens is 1. The molecular weight excluding hydrogens is 296 g/mol. The summed E-state index contributed by atoms with van der Waals surface area (Å²) < 4.78 is 0.974. The van der Waals surface area contributed by atoms with Crippen molar-refractivity contribution in [3.63, 3.8) is 0 Å². The van der Waals surface area contributed by atoms with Crippen LogP contribution in [0.1, 0.15) is 12.8 Å². The van der Waals surface area contributed by atoms with Crippen LogP contribution in [-0.4, -0.2) is 36.2 Å². The van der Waals surface area contributed by atoms with Crippen LogP contribution in [0.25, 0.3) is 0 Å². The van der Waals surface area contributed by atoms with Crippen molar-refractivity contribution >= 4 is 33.3 Å². The third-order valence-electron chi connectivity index (χ3n) is 2.83. The molecule has 0 bridgehead atoms. The highest BCUT2D eigenvalue weighted by molar-refractivity contribution is 9.10. The van der Waals surface area contributed by atoms with E-state index in [0.717, 1.165) is 23.1 Å². The fourth-order valence-electron chi connectivity index (χ4n) is 1.98. The average Bonchev–Trinajstić information content (AvgIpc) is 2.32. The second-order valence-corrected chi connectivity index (χ2v) is 5.32. The molecule has 0 saturated carbocycles. The van der Waals surface area contributed by atoms with Crippen LogP contribution in [0.4, 0.5) is 5.69 Å². The van der Waals surface area contributed by atoms with Gasteiger partial charge in [-0.05, 0) is 37.2 Å². The van der Waals surface area contributed by atoms with Crippen LogP contribution < -0.4 is 5.32 Å². The second kappa shape index (κ2) is 6.11. The first kappa shape index (κ1) is 13.2. The monoisotopic (exact) mass is 310 g/mol. The molecule has 5 heteroatoms. The van der Waals surface area contributed by atoms with E-state index in [1.807, 2.05) is 29.2 Å². The lowest BCUT2D eigenvalue weighted by molar-refractivity contribution is -0.123. The Hall–Kier alpha value is -1.20. The molecule has 0 atom stereocenters. The van der Waals surface area contributed by atoms with Crippen LogP contribution in [0, 0.1) is 0 Å². The molecule has 96 valence electrons. The van der Waals surface area contributed by atoms with Gasteiger partial charge in [0.25, 0.3) is 0 Å². The molecule has 1 amide bonds. The number of amides is 1. The lowest BCUT2D eigenvalue weighted by Gasteiger charge is -2.24. The van der Waals surface area contributed by atoms with Gasteiger partial charge in [-0.2, -0.15) is 0 Å². The largest absolute Gasteiger partial charge is 0.325 e. The minimum atomic E-state index is -0.0768. The summed E-state index contributed by atoms with van der Waals surface area (Å²) >= 11 is 3.34. The third-order valence-corrected chi connectivity index (χ3v) is 3.35. The van der Waals surface area contributed by atoms with Gasteiger partial charge < -0.3 is 5.32 Å². The molecule has 1 N–H and O–H groups in total. The molecule has 1 aromatic rings. The summed E-state index contributed by atoms with van der Waals surface area (Å²) in [5, 5.41) is 2.82. The van der Waals surface area contributed by atoms with E-state index in [9.17, 15) is 9.59 Å². The van der Waals surface area contributed by atoms with E-state index in [4.69, 9.17) is 0 Å². The predicted molar refractivity (Wildman–Crippen MR) is 73.5 cm³/mol. The predicted octanol–water partition coefficient (Wildman–Crippen LogP) is 2.05. The second-order valence-electron chi connectivity index (χ2n) is 4.41. The number of piperidine rings is 1. The Bertz CT molecular complexity index is 445. The summed E-state index contributed by atoms with van der Waals surface area (Å²) in [5.74, 6) is 0.143. The molecular formula is C13H15BrN2O2. The summed E-state index contributed by atoms with van der Waals surface area (Å²) in [5.41, 5.74) is 0.770. The fraction of sp³-hybridized carbons (Fsp3) is 0.385. The van der Waals surface area contributed by atoms with E-state index in [1.54, 1.807) is 0 Å². The van der Waals surface area contributed by atoms with E-state index in [1.165, 1.54) is 0 Å².